The third kappa shape index (κ3) is 2.86. The van der Waals surface area contributed by atoms with E-state index in [0.29, 0.717) is 5.69 Å². The number of aliphatic hydroxyl groups excluding tert-OH is 1. The Balaban J connectivity index is 2.22. The molecule has 0 aliphatic rings. The molecule has 0 amide bonds. The minimum absolute atomic E-state index is 0.126. The van der Waals surface area contributed by atoms with Crippen molar-refractivity contribution in [1.82, 2.24) is 4.98 Å². The Kier molecular flexibility index (Phi) is 3.94. The van der Waals surface area contributed by atoms with Gasteiger partial charge in [-0.2, -0.15) is 0 Å². The van der Waals surface area contributed by atoms with Gasteiger partial charge in [0.25, 0.3) is 0 Å². The fraction of sp³-hybridized carbons (Fsp3) is 0.214. The fourth-order valence-electron chi connectivity index (χ4n) is 1.75. The molecule has 1 aromatic carbocycles. The van der Waals surface area contributed by atoms with Crippen molar-refractivity contribution in [2.24, 2.45) is 0 Å². The van der Waals surface area contributed by atoms with Gasteiger partial charge >= 0.3 is 0 Å². The van der Waals surface area contributed by atoms with E-state index in [9.17, 15) is 9.50 Å². The van der Waals surface area contributed by atoms with Crippen molar-refractivity contribution in [2.75, 3.05) is 0 Å². The molecule has 2 nitrogen and oxygen atoms in total. The van der Waals surface area contributed by atoms with Crippen molar-refractivity contribution in [1.29, 1.82) is 0 Å². The van der Waals surface area contributed by atoms with E-state index in [1.54, 1.807) is 12.3 Å². The lowest BCUT2D eigenvalue weighted by molar-refractivity contribution is 0.172. The van der Waals surface area contributed by atoms with Crippen LogP contribution in [-0.4, -0.2) is 10.1 Å². The van der Waals surface area contributed by atoms with E-state index in [2.05, 4.69) is 4.98 Å². The molecule has 0 spiro atoms. The molecule has 4 heteroatoms. The van der Waals surface area contributed by atoms with Crippen molar-refractivity contribution in [3.05, 3.63) is 64.2 Å². The standard InChI is InChI=1S/C14H13ClFNO/c1-9-5-6-10(17-8-9)7-13(18)14-11(15)3-2-4-12(14)16/h2-6,8,13,18H,7H2,1H3. The number of aliphatic hydroxyl groups is 1. The summed E-state index contributed by atoms with van der Waals surface area (Å²) in [6, 6.07) is 8.07. The van der Waals surface area contributed by atoms with Crippen LogP contribution >= 0.6 is 11.6 Å². The van der Waals surface area contributed by atoms with Crippen LogP contribution in [0.3, 0.4) is 0 Å². The minimum atomic E-state index is -0.992. The highest BCUT2D eigenvalue weighted by molar-refractivity contribution is 6.31. The second kappa shape index (κ2) is 5.46. The fourth-order valence-corrected chi connectivity index (χ4v) is 2.04. The Morgan fingerprint density at radius 1 is 1.33 bits per heavy atom. The molecule has 0 saturated carbocycles. The molecule has 1 atom stereocenters. The summed E-state index contributed by atoms with van der Waals surface area (Å²) in [4.78, 5) is 4.18. The normalized spacial score (nSPS) is 12.4. The highest BCUT2D eigenvalue weighted by Crippen LogP contribution is 2.27. The first-order valence-corrected chi connectivity index (χ1v) is 5.99. The van der Waals surface area contributed by atoms with Gasteiger partial charge in [-0.25, -0.2) is 4.39 Å². The number of rotatable bonds is 3. The molecule has 0 fully saturated rings. The molecule has 2 rings (SSSR count). The molecule has 0 aliphatic carbocycles. The predicted molar refractivity (Wildman–Crippen MR) is 69.0 cm³/mol. The van der Waals surface area contributed by atoms with Crippen LogP contribution in [0.15, 0.2) is 36.5 Å². The van der Waals surface area contributed by atoms with E-state index >= 15 is 0 Å². The van der Waals surface area contributed by atoms with Crippen molar-refractivity contribution < 1.29 is 9.50 Å². The average Bonchev–Trinajstić information content (AvgIpc) is 2.32. The largest absolute Gasteiger partial charge is 0.388 e. The van der Waals surface area contributed by atoms with Crippen molar-refractivity contribution >= 4 is 11.6 Å². The van der Waals surface area contributed by atoms with Gasteiger partial charge in [0.15, 0.2) is 0 Å². The van der Waals surface area contributed by atoms with Crippen LogP contribution in [0.4, 0.5) is 4.39 Å². The topological polar surface area (TPSA) is 33.1 Å². The quantitative estimate of drug-likeness (QED) is 0.922. The van der Waals surface area contributed by atoms with Gasteiger partial charge in [-0.05, 0) is 30.7 Å². The molecule has 1 N–H and O–H groups in total. The number of benzene rings is 1. The highest BCUT2D eigenvalue weighted by atomic mass is 35.5. The minimum Gasteiger partial charge on any atom is -0.388 e. The second-order valence-corrected chi connectivity index (χ2v) is 4.59. The molecular weight excluding hydrogens is 253 g/mol. The molecule has 94 valence electrons. The third-order valence-corrected chi connectivity index (χ3v) is 3.04. The van der Waals surface area contributed by atoms with E-state index in [1.165, 1.54) is 12.1 Å². The number of aryl methyl sites for hydroxylation is 1. The molecule has 1 aromatic heterocycles. The summed E-state index contributed by atoms with van der Waals surface area (Å²) in [5, 5.41) is 10.3. The van der Waals surface area contributed by atoms with E-state index in [-0.39, 0.29) is 17.0 Å². The van der Waals surface area contributed by atoms with Crippen LogP contribution in [-0.2, 0) is 6.42 Å². The van der Waals surface area contributed by atoms with E-state index in [4.69, 9.17) is 11.6 Å². The Morgan fingerprint density at radius 3 is 2.72 bits per heavy atom. The molecule has 0 bridgehead atoms. The zero-order valence-corrected chi connectivity index (χ0v) is 10.7. The zero-order chi connectivity index (χ0) is 13.1. The monoisotopic (exact) mass is 265 g/mol. The van der Waals surface area contributed by atoms with Crippen LogP contribution in [0.2, 0.25) is 5.02 Å². The number of hydrogen-bond acceptors (Lipinski definition) is 2. The summed E-state index contributed by atoms with van der Waals surface area (Å²) in [7, 11) is 0. The van der Waals surface area contributed by atoms with Gasteiger partial charge in [-0.3, -0.25) is 4.98 Å². The predicted octanol–water partition coefficient (Wildman–Crippen LogP) is 3.46. The van der Waals surface area contributed by atoms with Crippen molar-refractivity contribution in [2.45, 2.75) is 19.4 Å². The summed E-state index contributed by atoms with van der Waals surface area (Å²) in [5.74, 6) is -0.498. The molecule has 2 aromatic rings. The number of hydrogen-bond donors (Lipinski definition) is 1. The lowest BCUT2D eigenvalue weighted by Crippen LogP contribution is -2.06. The SMILES string of the molecule is Cc1ccc(CC(O)c2c(F)cccc2Cl)nc1. The molecule has 1 heterocycles. The number of pyridine rings is 1. The summed E-state index contributed by atoms with van der Waals surface area (Å²) in [6.07, 6.45) is 0.959. The molecule has 1 unspecified atom stereocenters. The van der Waals surface area contributed by atoms with Crippen molar-refractivity contribution in [3.63, 3.8) is 0 Å². The molecule has 0 saturated heterocycles. The van der Waals surface area contributed by atoms with Gasteiger partial charge < -0.3 is 5.11 Å². The lowest BCUT2D eigenvalue weighted by atomic mass is 10.0. The van der Waals surface area contributed by atoms with Gasteiger partial charge in [-0.15, -0.1) is 0 Å². The van der Waals surface area contributed by atoms with Gasteiger partial charge in [0.2, 0.25) is 0 Å². The first-order chi connectivity index (χ1) is 8.58. The van der Waals surface area contributed by atoms with E-state index in [1.807, 2.05) is 19.1 Å². The van der Waals surface area contributed by atoms with Gasteiger partial charge in [0, 0.05) is 28.9 Å². The molecular formula is C14H13ClFNO. The number of aromatic nitrogens is 1. The van der Waals surface area contributed by atoms with Crippen LogP contribution < -0.4 is 0 Å². The van der Waals surface area contributed by atoms with Gasteiger partial charge in [0.05, 0.1) is 6.10 Å². The lowest BCUT2D eigenvalue weighted by Gasteiger charge is -2.13. The second-order valence-electron chi connectivity index (χ2n) is 4.18. The van der Waals surface area contributed by atoms with Crippen LogP contribution in [0.1, 0.15) is 22.9 Å². The third-order valence-electron chi connectivity index (χ3n) is 2.71. The zero-order valence-electron chi connectivity index (χ0n) is 9.90. The maximum Gasteiger partial charge on any atom is 0.130 e. The van der Waals surface area contributed by atoms with Crippen LogP contribution in [0, 0.1) is 12.7 Å². The summed E-state index contributed by atoms with van der Waals surface area (Å²) in [6.45, 7) is 1.93. The Bertz CT molecular complexity index is 522. The summed E-state index contributed by atoms with van der Waals surface area (Å²) < 4.78 is 13.6. The first-order valence-electron chi connectivity index (χ1n) is 5.61. The summed E-state index contributed by atoms with van der Waals surface area (Å²) in [5.41, 5.74) is 1.87. The maximum absolute atomic E-state index is 13.6. The van der Waals surface area contributed by atoms with Crippen molar-refractivity contribution in [3.8, 4) is 0 Å². The van der Waals surface area contributed by atoms with E-state index < -0.39 is 11.9 Å². The number of halogens is 2. The Hall–Kier alpha value is -1.45. The summed E-state index contributed by atoms with van der Waals surface area (Å²) >= 11 is 5.90. The number of nitrogens with zero attached hydrogens (tertiary/aromatic N) is 1. The van der Waals surface area contributed by atoms with Crippen LogP contribution in [0.5, 0.6) is 0 Å². The highest BCUT2D eigenvalue weighted by Gasteiger charge is 2.17. The first kappa shape index (κ1) is 13.0. The van der Waals surface area contributed by atoms with Crippen LogP contribution in [0.25, 0.3) is 0 Å². The molecule has 0 aliphatic heterocycles. The Labute approximate surface area is 110 Å². The smallest absolute Gasteiger partial charge is 0.130 e. The van der Waals surface area contributed by atoms with E-state index in [0.717, 1.165) is 5.56 Å². The Morgan fingerprint density at radius 2 is 2.11 bits per heavy atom. The van der Waals surface area contributed by atoms with Gasteiger partial charge in [-0.1, -0.05) is 23.7 Å². The molecule has 0 radical (unpaired) electrons. The maximum atomic E-state index is 13.6. The molecule has 18 heavy (non-hydrogen) atoms. The average molecular weight is 266 g/mol. The van der Waals surface area contributed by atoms with Gasteiger partial charge in [0.1, 0.15) is 5.82 Å².